The average molecular weight is 497 g/mol. The fourth-order valence-electron chi connectivity index (χ4n) is 4.35. The molecule has 8 nitrogen and oxygen atoms in total. The first-order valence-electron chi connectivity index (χ1n) is 11.0. The molecule has 5 rings (SSSR count). The van der Waals surface area contributed by atoms with Crippen LogP contribution in [0.25, 0.3) is 10.2 Å². The highest BCUT2D eigenvalue weighted by molar-refractivity contribution is 7.89. The molecule has 34 heavy (non-hydrogen) atoms. The number of fused-ring (bicyclic) bond motifs is 1. The summed E-state index contributed by atoms with van der Waals surface area (Å²) < 4.78 is 33.9. The minimum absolute atomic E-state index is 0.0476. The molecular weight excluding hydrogens is 472 g/mol. The van der Waals surface area contributed by atoms with Crippen molar-refractivity contribution in [1.82, 2.24) is 14.4 Å². The van der Waals surface area contributed by atoms with Gasteiger partial charge >= 0.3 is 0 Å². The quantitative estimate of drug-likeness (QED) is 0.427. The summed E-state index contributed by atoms with van der Waals surface area (Å²) in [5, 5.41) is 7.66. The molecule has 4 aromatic rings. The van der Waals surface area contributed by atoms with Gasteiger partial charge in [-0.1, -0.05) is 29.4 Å². The predicted molar refractivity (Wildman–Crippen MR) is 130 cm³/mol. The number of benzene rings is 2. The summed E-state index contributed by atoms with van der Waals surface area (Å²) in [5.41, 5.74) is 3.01. The zero-order valence-corrected chi connectivity index (χ0v) is 20.4. The molecule has 1 fully saturated rings. The highest BCUT2D eigenvalue weighted by Crippen LogP contribution is 2.30. The number of nitrogens with zero attached hydrogens (tertiary/aromatic N) is 3. The first-order chi connectivity index (χ1) is 16.3. The number of rotatable bonds is 6. The Morgan fingerprint density at radius 3 is 2.65 bits per heavy atom. The van der Waals surface area contributed by atoms with Crippen LogP contribution in [0.5, 0.6) is 0 Å². The van der Waals surface area contributed by atoms with Gasteiger partial charge in [-0.3, -0.25) is 4.79 Å². The van der Waals surface area contributed by atoms with Crippen molar-refractivity contribution >= 4 is 43.2 Å². The van der Waals surface area contributed by atoms with Gasteiger partial charge < -0.3 is 9.84 Å². The Bertz CT molecular complexity index is 1410. The third-order valence-corrected chi connectivity index (χ3v) is 9.15. The lowest BCUT2D eigenvalue weighted by atomic mass is 10.1. The van der Waals surface area contributed by atoms with Crippen LogP contribution in [0.15, 0.2) is 57.9 Å². The second kappa shape index (κ2) is 8.94. The second-order valence-electron chi connectivity index (χ2n) is 8.37. The van der Waals surface area contributed by atoms with Crippen LogP contribution in [0.3, 0.4) is 0 Å². The molecule has 2 aromatic heterocycles. The number of hydrogen-bond donors (Lipinski definition) is 1. The van der Waals surface area contributed by atoms with Crippen LogP contribution in [0.1, 0.15) is 34.9 Å². The molecule has 176 valence electrons. The first-order valence-corrected chi connectivity index (χ1v) is 13.3. The zero-order valence-electron chi connectivity index (χ0n) is 18.8. The second-order valence-corrected chi connectivity index (χ2v) is 11.3. The maximum Gasteiger partial charge on any atom is 0.249 e. The number of anilines is 1. The Kier molecular flexibility index (Phi) is 5.97. The van der Waals surface area contributed by atoms with Crippen LogP contribution < -0.4 is 5.32 Å². The van der Waals surface area contributed by atoms with Crippen molar-refractivity contribution < 1.29 is 17.7 Å². The SMILES string of the molecule is Cc1noc(C)c1S(=O)(=O)N1CCC[C@H]1C(=O)Nc1ccc(Cc2nc3ccccc3s2)cc1. The molecule has 1 aliphatic rings. The number of sulfonamides is 1. The minimum Gasteiger partial charge on any atom is -0.360 e. The van der Waals surface area contributed by atoms with E-state index in [-0.39, 0.29) is 23.1 Å². The molecule has 0 unspecified atom stereocenters. The fourth-order valence-corrected chi connectivity index (χ4v) is 7.30. The Balaban J connectivity index is 1.28. The van der Waals surface area contributed by atoms with Gasteiger partial charge in [0.05, 0.1) is 15.2 Å². The topological polar surface area (TPSA) is 105 Å². The van der Waals surface area contributed by atoms with Crippen LogP contribution in [-0.2, 0) is 21.2 Å². The maximum absolute atomic E-state index is 13.2. The van der Waals surface area contributed by atoms with Gasteiger partial charge in [0.25, 0.3) is 0 Å². The van der Waals surface area contributed by atoms with E-state index in [4.69, 9.17) is 4.52 Å². The highest BCUT2D eigenvalue weighted by atomic mass is 32.2. The van der Waals surface area contributed by atoms with E-state index in [0.717, 1.165) is 20.8 Å². The number of amides is 1. The maximum atomic E-state index is 13.2. The van der Waals surface area contributed by atoms with Gasteiger partial charge in [-0.05, 0) is 56.5 Å². The summed E-state index contributed by atoms with van der Waals surface area (Å²) in [6.45, 7) is 3.43. The normalized spacial score (nSPS) is 16.8. The number of hydrogen-bond acceptors (Lipinski definition) is 7. The molecule has 10 heteroatoms. The number of carbonyl (C=O) groups excluding carboxylic acids is 1. The largest absolute Gasteiger partial charge is 0.360 e. The monoisotopic (exact) mass is 496 g/mol. The summed E-state index contributed by atoms with van der Waals surface area (Å²) in [7, 11) is -3.89. The lowest BCUT2D eigenvalue weighted by Crippen LogP contribution is -2.43. The van der Waals surface area contributed by atoms with Crippen molar-refractivity contribution in [2.24, 2.45) is 0 Å². The Hall–Kier alpha value is -3.08. The minimum atomic E-state index is -3.89. The molecular formula is C24H24N4O4S2. The summed E-state index contributed by atoms with van der Waals surface area (Å²) in [5.74, 6) is -0.112. The first kappa shape index (κ1) is 22.7. The number of nitrogens with one attached hydrogen (secondary N) is 1. The van der Waals surface area contributed by atoms with E-state index in [0.29, 0.717) is 30.6 Å². The van der Waals surface area contributed by atoms with Gasteiger partial charge in [0.1, 0.15) is 16.6 Å². The third-order valence-electron chi connectivity index (χ3n) is 5.96. The Labute approximate surface area is 201 Å². The number of carbonyl (C=O) groups is 1. The van der Waals surface area contributed by atoms with Crippen molar-refractivity contribution in [3.8, 4) is 0 Å². The molecule has 1 N–H and O–H groups in total. The van der Waals surface area contributed by atoms with E-state index in [2.05, 4.69) is 21.5 Å². The van der Waals surface area contributed by atoms with Crippen LogP contribution in [0.2, 0.25) is 0 Å². The average Bonchev–Trinajstić information content (AvgIpc) is 3.53. The van der Waals surface area contributed by atoms with Gasteiger partial charge in [0, 0.05) is 18.7 Å². The van der Waals surface area contributed by atoms with Gasteiger partial charge in [-0.2, -0.15) is 4.31 Å². The summed E-state index contributed by atoms with van der Waals surface area (Å²) in [6.07, 6.45) is 1.78. The fraction of sp³-hybridized carbons (Fsp3) is 0.292. The van der Waals surface area contributed by atoms with E-state index < -0.39 is 16.1 Å². The van der Waals surface area contributed by atoms with Crippen molar-refractivity contribution in [2.45, 2.75) is 44.0 Å². The van der Waals surface area contributed by atoms with Crippen LogP contribution in [-0.4, -0.2) is 41.4 Å². The standard InChI is InChI=1S/C24H24N4O4S2/c1-15-23(16(2)32-27-15)34(30,31)28-13-5-7-20(28)24(29)25-18-11-9-17(10-12-18)14-22-26-19-6-3-4-8-21(19)33-22/h3-4,6,8-12,20H,5,7,13-14H2,1-2H3,(H,25,29)/t20-/m0/s1. The van der Waals surface area contributed by atoms with Crippen molar-refractivity contribution in [3.05, 3.63) is 70.6 Å². The van der Waals surface area contributed by atoms with Crippen LogP contribution in [0.4, 0.5) is 5.69 Å². The van der Waals surface area contributed by atoms with E-state index in [1.165, 1.54) is 4.31 Å². The van der Waals surface area contributed by atoms with Gasteiger partial charge in [-0.15, -0.1) is 11.3 Å². The van der Waals surface area contributed by atoms with Crippen molar-refractivity contribution in [3.63, 3.8) is 0 Å². The molecule has 0 spiro atoms. The molecule has 1 atom stereocenters. The number of thiazole rings is 1. The van der Waals surface area contributed by atoms with Crippen molar-refractivity contribution in [1.29, 1.82) is 0 Å². The summed E-state index contributed by atoms with van der Waals surface area (Å²) >= 11 is 1.67. The molecule has 0 radical (unpaired) electrons. The summed E-state index contributed by atoms with van der Waals surface area (Å²) in [6, 6.07) is 14.9. The third kappa shape index (κ3) is 4.24. The molecule has 1 saturated heterocycles. The van der Waals surface area contributed by atoms with Gasteiger partial charge in [0.15, 0.2) is 5.76 Å². The Morgan fingerprint density at radius 2 is 1.94 bits per heavy atom. The van der Waals surface area contributed by atoms with E-state index in [1.807, 2.05) is 42.5 Å². The number of aryl methyl sites for hydroxylation is 2. The lowest BCUT2D eigenvalue weighted by Gasteiger charge is -2.23. The number of para-hydroxylation sites is 1. The molecule has 2 aromatic carbocycles. The molecule has 0 saturated carbocycles. The highest BCUT2D eigenvalue weighted by Gasteiger charge is 2.41. The molecule has 1 aliphatic heterocycles. The predicted octanol–water partition coefficient (Wildman–Crippen LogP) is 4.28. The van der Waals surface area contributed by atoms with Crippen molar-refractivity contribution in [2.75, 3.05) is 11.9 Å². The zero-order chi connectivity index (χ0) is 23.9. The van der Waals surface area contributed by atoms with Crippen LogP contribution >= 0.6 is 11.3 Å². The van der Waals surface area contributed by atoms with E-state index >= 15 is 0 Å². The Morgan fingerprint density at radius 1 is 1.18 bits per heavy atom. The molecule has 0 aliphatic carbocycles. The molecule has 3 heterocycles. The smallest absolute Gasteiger partial charge is 0.249 e. The van der Waals surface area contributed by atoms with Gasteiger partial charge in [0.2, 0.25) is 15.9 Å². The van der Waals surface area contributed by atoms with E-state index in [9.17, 15) is 13.2 Å². The van der Waals surface area contributed by atoms with Gasteiger partial charge in [-0.25, -0.2) is 13.4 Å². The lowest BCUT2D eigenvalue weighted by molar-refractivity contribution is -0.119. The van der Waals surface area contributed by atoms with E-state index in [1.54, 1.807) is 25.2 Å². The molecule has 0 bridgehead atoms. The summed E-state index contributed by atoms with van der Waals surface area (Å²) in [4.78, 5) is 17.7. The number of aromatic nitrogens is 2. The molecule has 1 amide bonds. The van der Waals surface area contributed by atoms with Crippen LogP contribution in [0, 0.1) is 13.8 Å².